The Labute approximate surface area is 132 Å². The van der Waals surface area contributed by atoms with E-state index in [1.165, 1.54) is 11.3 Å². The van der Waals surface area contributed by atoms with Gasteiger partial charge >= 0.3 is 0 Å². The van der Waals surface area contributed by atoms with Gasteiger partial charge in [-0.1, -0.05) is 26.0 Å². The summed E-state index contributed by atoms with van der Waals surface area (Å²) in [5.41, 5.74) is 1.58. The zero-order valence-corrected chi connectivity index (χ0v) is 13.1. The molecule has 1 aromatic carbocycles. The predicted molar refractivity (Wildman–Crippen MR) is 88.2 cm³/mol. The van der Waals surface area contributed by atoms with Crippen LogP contribution in [0.2, 0.25) is 0 Å². The number of para-hydroxylation sites is 1. The average molecular weight is 312 g/mol. The van der Waals surface area contributed by atoms with Gasteiger partial charge in [0.15, 0.2) is 0 Å². The fraction of sp³-hybridized carbons (Fsp3) is 0.188. The summed E-state index contributed by atoms with van der Waals surface area (Å²) < 4.78 is 0. The molecule has 2 heterocycles. The number of rotatable bonds is 4. The number of nitrogens with zero attached hydrogens (tertiary/aromatic N) is 2. The minimum atomic E-state index is -0.150. The van der Waals surface area contributed by atoms with Crippen LogP contribution in [0.4, 0.5) is 5.69 Å². The minimum absolute atomic E-state index is 0.150. The highest BCUT2D eigenvalue weighted by Crippen LogP contribution is 2.26. The van der Waals surface area contributed by atoms with Gasteiger partial charge in [0.1, 0.15) is 10.7 Å². The molecule has 2 aromatic heterocycles. The fourth-order valence-corrected chi connectivity index (χ4v) is 2.87. The first-order valence-electron chi connectivity index (χ1n) is 7.01. The van der Waals surface area contributed by atoms with Crippen LogP contribution in [0, 0.1) is 0 Å². The van der Waals surface area contributed by atoms with E-state index in [2.05, 4.69) is 34.1 Å². The Bertz CT molecular complexity index is 777. The molecule has 0 aliphatic carbocycles. The lowest BCUT2D eigenvalue weighted by Crippen LogP contribution is -2.11. The highest BCUT2D eigenvalue weighted by Gasteiger charge is 2.15. The predicted octanol–water partition coefficient (Wildman–Crippen LogP) is 3.91. The van der Waals surface area contributed by atoms with Gasteiger partial charge in [0.05, 0.1) is 16.9 Å². The normalized spacial score (nSPS) is 10.9. The molecule has 5 nitrogen and oxygen atoms in total. The summed E-state index contributed by atoms with van der Waals surface area (Å²) >= 11 is 1.43. The van der Waals surface area contributed by atoms with E-state index in [0.29, 0.717) is 10.8 Å². The summed E-state index contributed by atoms with van der Waals surface area (Å²) in [6.45, 7) is 4.12. The van der Waals surface area contributed by atoms with Gasteiger partial charge in [0.2, 0.25) is 0 Å². The molecule has 0 saturated heterocycles. The van der Waals surface area contributed by atoms with E-state index in [-0.39, 0.29) is 5.91 Å². The molecule has 2 N–H and O–H groups in total. The third kappa shape index (κ3) is 2.92. The maximum Gasteiger partial charge on any atom is 0.267 e. The quantitative estimate of drug-likeness (QED) is 0.767. The number of carbonyl (C=O) groups is 1. The molecule has 0 saturated carbocycles. The second kappa shape index (κ2) is 6.11. The molecular formula is C16H16N4OS. The van der Waals surface area contributed by atoms with Gasteiger partial charge in [-0.15, -0.1) is 11.3 Å². The summed E-state index contributed by atoms with van der Waals surface area (Å²) in [5, 5.41) is 3.90. The van der Waals surface area contributed by atoms with Crippen LogP contribution in [0.1, 0.15) is 34.4 Å². The van der Waals surface area contributed by atoms with Crippen molar-refractivity contribution in [3.63, 3.8) is 0 Å². The van der Waals surface area contributed by atoms with Gasteiger partial charge < -0.3 is 10.3 Å². The number of amides is 1. The minimum Gasteiger partial charge on any atom is -0.345 e. The molecule has 3 aromatic rings. The molecule has 0 unspecified atom stereocenters. The van der Waals surface area contributed by atoms with Crippen LogP contribution in [0.3, 0.4) is 0 Å². The molecule has 3 rings (SSSR count). The van der Waals surface area contributed by atoms with Gasteiger partial charge in [-0.2, -0.15) is 0 Å². The lowest BCUT2D eigenvalue weighted by molar-refractivity contribution is 0.103. The largest absolute Gasteiger partial charge is 0.345 e. The third-order valence-corrected chi connectivity index (χ3v) is 4.47. The first-order chi connectivity index (χ1) is 10.6. The van der Waals surface area contributed by atoms with Crippen molar-refractivity contribution in [3.8, 4) is 11.4 Å². The Morgan fingerprint density at radius 3 is 2.77 bits per heavy atom. The molecule has 0 spiro atoms. The maximum atomic E-state index is 12.4. The molecule has 0 atom stereocenters. The van der Waals surface area contributed by atoms with Crippen LogP contribution >= 0.6 is 11.3 Å². The summed E-state index contributed by atoms with van der Waals surface area (Å²) in [6, 6.07) is 7.58. The number of benzene rings is 1. The van der Waals surface area contributed by atoms with E-state index in [1.807, 2.05) is 24.3 Å². The number of nitrogens with one attached hydrogen (secondary N) is 2. The SMILES string of the molecule is CC(C)c1ncc(C(=O)Nc2ccccc2-c2ncc[nH]2)s1. The average Bonchev–Trinajstić information content (AvgIpc) is 3.19. The molecule has 0 radical (unpaired) electrons. The molecular weight excluding hydrogens is 296 g/mol. The monoisotopic (exact) mass is 312 g/mol. The van der Waals surface area contributed by atoms with E-state index < -0.39 is 0 Å². The number of hydrogen-bond acceptors (Lipinski definition) is 4. The number of aromatic amines is 1. The highest BCUT2D eigenvalue weighted by atomic mass is 32.1. The van der Waals surface area contributed by atoms with Crippen LogP contribution in [0.5, 0.6) is 0 Å². The van der Waals surface area contributed by atoms with Gasteiger partial charge in [-0.3, -0.25) is 4.79 Å². The number of anilines is 1. The summed E-state index contributed by atoms with van der Waals surface area (Å²) in [7, 11) is 0. The van der Waals surface area contributed by atoms with E-state index in [4.69, 9.17) is 0 Å². The number of H-pyrrole nitrogens is 1. The first kappa shape index (κ1) is 14.5. The Morgan fingerprint density at radius 2 is 2.09 bits per heavy atom. The fourth-order valence-electron chi connectivity index (χ4n) is 2.05. The van der Waals surface area contributed by atoms with Crippen LogP contribution < -0.4 is 5.32 Å². The van der Waals surface area contributed by atoms with Crippen molar-refractivity contribution in [2.24, 2.45) is 0 Å². The molecule has 0 aliphatic heterocycles. The van der Waals surface area contributed by atoms with Gasteiger partial charge in [0, 0.05) is 23.9 Å². The number of thiazole rings is 1. The zero-order valence-electron chi connectivity index (χ0n) is 12.3. The second-order valence-corrected chi connectivity index (χ2v) is 6.22. The first-order valence-corrected chi connectivity index (χ1v) is 7.82. The van der Waals surface area contributed by atoms with Crippen molar-refractivity contribution >= 4 is 22.9 Å². The van der Waals surface area contributed by atoms with Gasteiger partial charge in [-0.05, 0) is 12.1 Å². The molecule has 0 aliphatic rings. The Kier molecular flexibility index (Phi) is 4.02. The van der Waals surface area contributed by atoms with E-state index >= 15 is 0 Å². The molecule has 1 amide bonds. The maximum absolute atomic E-state index is 12.4. The molecule has 22 heavy (non-hydrogen) atoms. The second-order valence-electron chi connectivity index (χ2n) is 5.15. The summed E-state index contributed by atoms with van der Waals surface area (Å²) in [5.74, 6) is 0.897. The standard InChI is InChI=1S/C16H16N4OS/c1-10(2)16-19-9-13(22-16)15(21)20-12-6-4-3-5-11(12)14-17-7-8-18-14/h3-10H,1-2H3,(H,17,18)(H,20,21). The Hall–Kier alpha value is -2.47. The molecule has 0 fully saturated rings. The number of aromatic nitrogens is 3. The topological polar surface area (TPSA) is 70.7 Å². The van der Waals surface area contributed by atoms with Crippen molar-refractivity contribution in [2.75, 3.05) is 5.32 Å². The van der Waals surface area contributed by atoms with Crippen LogP contribution in [-0.2, 0) is 0 Å². The molecule has 6 heteroatoms. The zero-order chi connectivity index (χ0) is 15.5. The smallest absolute Gasteiger partial charge is 0.267 e. The lowest BCUT2D eigenvalue weighted by atomic mass is 10.1. The number of hydrogen-bond donors (Lipinski definition) is 2. The molecule has 0 bridgehead atoms. The van der Waals surface area contributed by atoms with E-state index in [9.17, 15) is 4.79 Å². The van der Waals surface area contributed by atoms with Crippen molar-refractivity contribution in [3.05, 3.63) is 52.7 Å². The summed E-state index contributed by atoms with van der Waals surface area (Å²) in [6.07, 6.45) is 5.07. The van der Waals surface area contributed by atoms with Crippen LogP contribution in [-0.4, -0.2) is 20.9 Å². The number of carbonyl (C=O) groups excluding carboxylic acids is 1. The van der Waals surface area contributed by atoms with Crippen LogP contribution in [0.25, 0.3) is 11.4 Å². The van der Waals surface area contributed by atoms with Gasteiger partial charge in [-0.25, -0.2) is 9.97 Å². The van der Waals surface area contributed by atoms with E-state index in [1.54, 1.807) is 18.6 Å². The Morgan fingerprint density at radius 1 is 1.27 bits per heavy atom. The highest BCUT2D eigenvalue weighted by molar-refractivity contribution is 7.13. The summed E-state index contributed by atoms with van der Waals surface area (Å²) in [4.78, 5) is 24.6. The van der Waals surface area contributed by atoms with Crippen molar-refractivity contribution < 1.29 is 4.79 Å². The van der Waals surface area contributed by atoms with Crippen molar-refractivity contribution in [1.29, 1.82) is 0 Å². The Balaban J connectivity index is 1.85. The number of imidazole rings is 1. The van der Waals surface area contributed by atoms with Crippen LogP contribution in [0.15, 0.2) is 42.9 Å². The van der Waals surface area contributed by atoms with Crippen molar-refractivity contribution in [1.82, 2.24) is 15.0 Å². The van der Waals surface area contributed by atoms with Crippen molar-refractivity contribution in [2.45, 2.75) is 19.8 Å². The van der Waals surface area contributed by atoms with E-state index in [0.717, 1.165) is 22.1 Å². The molecule has 112 valence electrons. The lowest BCUT2D eigenvalue weighted by Gasteiger charge is -2.08. The third-order valence-electron chi connectivity index (χ3n) is 3.17. The van der Waals surface area contributed by atoms with Gasteiger partial charge in [0.25, 0.3) is 5.91 Å².